The maximum atomic E-state index is 10.5. The molecule has 1 aromatic rings. The summed E-state index contributed by atoms with van der Waals surface area (Å²) in [6, 6.07) is 0. The average molecular weight is 253 g/mol. The number of carboxylic acids is 1. The van der Waals surface area contributed by atoms with E-state index in [2.05, 4.69) is 25.9 Å². The molecule has 0 fully saturated rings. The zero-order chi connectivity index (χ0) is 13.9. The Bertz CT molecular complexity index is 418. The smallest absolute Gasteiger partial charge is 0.304 e. The average Bonchev–Trinajstić information content (AvgIpc) is 2.56. The van der Waals surface area contributed by atoms with Crippen LogP contribution in [0, 0.1) is 0 Å². The number of aromatic nitrogens is 2. The Morgan fingerprint density at radius 3 is 2.61 bits per heavy atom. The molecule has 1 N–H and O–H groups in total. The highest BCUT2D eigenvalue weighted by Crippen LogP contribution is 2.24. The number of hydrogen-bond acceptors (Lipinski definition) is 3. The standard InChI is InChI=1S/C13H23N3O2/c1-13(2,3)12-10(9-16(5)14-12)8-15(4)7-6-11(17)18/h9H,6-8H2,1-5H3,(H,17,18). The van der Waals surface area contributed by atoms with E-state index in [0.717, 1.165) is 17.8 Å². The van der Waals surface area contributed by atoms with Crippen molar-refractivity contribution in [3.05, 3.63) is 17.5 Å². The van der Waals surface area contributed by atoms with Gasteiger partial charge in [-0.1, -0.05) is 20.8 Å². The first-order valence-corrected chi connectivity index (χ1v) is 6.13. The molecular formula is C13H23N3O2. The van der Waals surface area contributed by atoms with Crippen LogP contribution in [-0.2, 0) is 23.8 Å². The predicted molar refractivity (Wildman–Crippen MR) is 70.5 cm³/mol. The Hall–Kier alpha value is -1.36. The summed E-state index contributed by atoms with van der Waals surface area (Å²) in [7, 11) is 3.85. The van der Waals surface area contributed by atoms with E-state index in [0.29, 0.717) is 6.54 Å². The topological polar surface area (TPSA) is 58.4 Å². The third-order valence-corrected chi connectivity index (χ3v) is 2.76. The molecule has 5 nitrogen and oxygen atoms in total. The van der Waals surface area contributed by atoms with Crippen molar-refractivity contribution in [3.8, 4) is 0 Å². The second-order valence-electron chi connectivity index (χ2n) is 5.81. The van der Waals surface area contributed by atoms with Gasteiger partial charge in [-0.3, -0.25) is 9.48 Å². The molecule has 1 heterocycles. The fourth-order valence-electron chi connectivity index (χ4n) is 1.94. The van der Waals surface area contributed by atoms with Gasteiger partial charge >= 0.3 is 5.97 Å². The molecule has 0 aromatic carbocycles. The van der Waals surface area contributed by atoms with Crippen LogP contribution >= 0.6 is 0 Å². The summed E-state index contributed by atoms with van der Waals surface area (Å²) in [6.07, 6.45) is 2.18. The molecule has 5 heteroatoms. The van der Waals surface area contributed by atoms with Crippen molar-refractivity contribution in [2.75, 3.05) is 13.6 Å². The Morgan fingerprint density at radius 1 is 1.50 bits per heavy atom. The summed E-state index contributed by atoms with van der Waals surface area (Å²) in [5.41, 5.74) is 2.24. The Labute approximate surface area is 108 Å². The van der Waals surface area contributed by atoms with Crippen LogP contribution in [0.4, 0.5) is 0 Å². The molecule has 0 saturated carbocycles. The van der Waals surface area contributed by atoms with Crippen molar-refractivity contribution in [1.29, 1.82) is 0 Å². The van der Waals surface area contributed by atoms with Gasteiger partial charge in [-0.05, 0) is 7.05 Å². The number of aliphatic carboxylic acids is 1. The molecule has 0 aliphatic carbocycles. The van der Waals surface area contributed by atoms with E-state index in [-0.39, 0.29) is 11.8 Å². The van der Waals surface area contributed by atoms with Crippen LogP contribution in [0.3, 0.4) is 0 Å². The molecule has 0 unspecified atom stereocenters. The van der Waals surface area contributed by atoms with Crippen molar-refractivity contribution in [2.45, 2.75) is 39.2 Å². The zero-order valence-corrected chi connectivity index (χ0v) is 11.9. The van der Waals surface area contributed by atoms with Gasteiger partial charge in [0.15, 0.2) is 0 Å². The molecule has 0 aliphatic rings. The van der Waals surface area contributed by atoms with E-state index in [1.54, 1.807) is 0 Å². The minimum atomic E-state index is -0.760. The van der Waals surface area contributed by atoms with Gasteiger partial charge in [0, 0.05) is 37.3 Å². The van der Waals surface area contributed by atoms with Crippen molar-refractivity contribution < 1.29 is 9.90 Å². The van der Waals surface area contributed by atoms with Crippen LogP contribution in [0.5, 0.6) is 0 Å². The van der Waals surface area contributed by atoms with Crippen LogP contribution in [0.1, 0.15) is 38.4 Å². The van der Waals surface area contributed by atoms with E-state index in [4.69, 9.17) is 5.11 Å². The molecule has 1 aromatic heterocycles. The van der Waals surface area contributed by atoms with Gasteiger partial charge < -0.3 is 10.0 Å². The molecule has 0 atom stereocenters. The van der Waals surface area contributed by atoms with Crippen LogP contribution in [0.25, 0.3) is 0 Å². The molecular weight excluding hydrogens is 230 g/mol. The van der Waals surface area contributed by atoms with Gasteiger partial charge in [-0.15, -0.1) is 0 Å². The number of aryl methyl sites for hydroxylation is 1. The fraction of sp³-hybridized carbons (Fsp3) is 0.692. The highest BCUT2D eigenvalue weighted by atomic mass is 16.4. The Morgan fingerprint density at radius 2 is 2.11 bits per heavy atom. The lowest BCUT2D eigenvalue weighted by atomic mass is 9.89. The minimum absolute atomic E-state index is 0.00420. The molecule has 0 amide bonds. The molecule has 0 radical (unpaired) electrons. The second kappa shape index (κ2) is 5.52. The highest BCUT2D eigenvalue weighted by molar-refractivity contribution is 5.66. The van der Waals surface area contributed by atoms with Crippen molar-refractivity contribution in [1.82, 2.24) is 14.7 Å². The number of carbonyl (C=O) groups is 1. The summed E-state index contributed by atoms with van der Waals surface area (Å²) < 4.78 is 1.82. The highest BCUT2D eigenvalue weighted by Gasteiger charge is 2.22. The third kappa shape index (κ3) is 4.14. The second-order valence-corrected chi connectivity index (χ2v) is 5.81. The third-order valence-electron chi connectivity index (χ3n) is 2.76. The molecule has 102 valence electrons. The molecule has 0 aliphatic heterocycles. The predicted octanol–water partition coefficient (Wildman–Crippen LogP) is 1.62. The zero-order valence-electron chi connectivity index (χ0n) is 11.9. The first kappa shape index (κ1) is 14.7. The first-order valence-electron chi connectivity index (χ1n) is 6.13. The maximum Gasteiger partial charge on any atom is 0.304 e. The first-order chi connectivity index (χ1) is 8.20. The van der Waals surface area contributed by atoms with Crippen molar-refractivity contribution >= 4 is 5.97 Å². The maximum absolute atomic E-state index is 10.5. The van der Waals surface area contributed by atoms with Crippen LogP contribution in [-0.4, -0.2) is 39.3 Å². The summed E-state index contributed by atoms with van der Waals surface area (Å²) in [5.74, 6) is -0.760. The normalized spacial score (nSPS) is 12.1. The van der Waals surface area contributed by atoms with E-state index in [1.807, 2.05) is 29.9 Å². The van der Waals surface area contributed by atoms with Gasteiger partial charge in [0.1, 0.15) is 0 Å². The molecule has 1 rings (SSSR count). The largest absolute Gasteiger partial charge is 0.481 e. The van der Waals surface area contributed by atoms with Crippen molar-refractivity contribution in [2.24, 2.45) is 7.05 Å². The van der Waals surface area contributed by atoms with E-state index >= 15 is 0 Å². The number of nitrogens with zero attached hydrogens (tertiary/aromatic N) is 3. The summed E-state index contributed by atoms with van der Waals surface area (Å²) in [5, 5.41) is 13.2. The van der Waals surface area contributed by atoms with Gasteiger partial charge in [-0.2, -0.15) is 5.10 Å². The lowest BCUT2D eigenvalue weighted by Crippen LogP contribution is -2.23. The molecule has 18 heavy (non-hydrogen) atoms. The number of carboxylic acid groups (broad SMARTS) is 1. The van der Waals surface area contributed by atoms with Crippen molar-refractivity contribution in [3.63, 3.8) is 0 Å². The van der Waals surface area contributed by atoms with Crippen LogP contribution in [0.15, 0.2) is 6.20 Å². The number of hydrogen-bond donors (Lipinski definition) is 1. The SMILES string of the molecule is CN(CCC(=O)O)Cc1cn(C)nc1C(C)(C)C. The molecule has 0 saturated heterocycles. The van der Waals surface area contributed by atoms with Crippen LogP contribution < -0.4 is 0 Å². The van der Waals surface area contributed by atoms with E-state index < -0.39 is 5.97 Å². The monoisotopic (exact) mass is 253 g/mol. The fourth-order valence-corrected chi connectivity index (χ4v) is 1.94. The quantitative estimate of drug-likeness (QED) is 0.866. The number of rotatable bonds is 5. The summed E-state index contributed by atoms with van der Waals surface area (Å²) in [4.78, 5) is 12.6. The van der Waals surface area contributed by atoms with Gasteiger partial charge in [0.25, 0.3) is 0 Å². The van der Waals surface area contributed by atoms with E-state index in [9.17, 15) is 4.79 Å². The lowest BCUT2D eigenvalue weighted by molar-refractivity contribution is -0.137. The Balaban J connectivity index is 2.75. The molecule has 0 bridgehead atoms. The van der Waals surface area contributed by atoms with Gasteiger partial charge in [0.2, 0.25) is 0 Å². The van der Waals surface area contributed by atoms with Crippen LogP contribution in [0.2, 0.25) is 0 Å². The minimum Gasteiger partial charge on any atom is -0.481 e. The van der Waals surface area contributed by atoms with Gasteiger partial charge in [-0.25, -0.2) is 0 Å². The lowest BCUT2D eigenvalue weighted by Gasteiger charge is -2.20. The molecule has 0 spiro atoms. The summed E-state index contributed by atoms with van der Waals surface area (Å²) in [6.45, 7) is 7.68. The van der Waals surface area contributed by atoms with E-state index in [1.165, 1.54) is 0 Å². The Kier molecular flexibility index (Phi) is 4.51. The van der Waals surface area contributed by atoms with Gasteiger partial charge in [0.05, 0.1) is 12.1 Å². The summed E-state index contributed by atoms with van der Waals surface area (Å²) >= 11 is 0.